The quantitative estimate of drug-likeness (QED) is 0.865. The van der Waals surface area contributed by atoms with Crippen molar-refractivity contribution in [2.45, 2.75) is 57.9 Å². The van der Waals surface area contributed by atoms with Gasteiger partial charge >= 0.3 is 0 Å². The second-order valence-electron chi connectivity index (χ2n) is 5.43. The fourth-order valence-electron chi connectivity index (χ4n) is 3.16. The summed E-state index contributed by atoms with van der Waals surface area (Å²) in [5, 5.41) is 3.68. The molecule has 0 saturated heterocycles. The molecule has 1 saturated carbocycles. The molecule has 1 unspecified atom stereocenters. The summed E-state index contributed by atoms with van der Waals surface area (Å²) in [6.07, 6.45) is 13.7. The van der Waals surface area contributed by atoms with Gasteiger partial charge in [0.25, 0.3) is 0 Å². The fraction of sp³-hybridized carbons (Fsp3) is 0.688. The van der Waals surface area contributed by atoms with E-state index >= 15 is 0 Å². The van der Waals surface area contributed by atoms with Crippen LogP contribution in [0, 0.1) is 5.92 Å². The van der Waals surface area contributed by atoms with Crippen molar-refractivity contribution in [3.8, 4) is 0 Å². The first-order valence-corrected chi connectivity index (χ1v) is 7.55. The molecule has 100 valence electrons. The molecule has 1 aliphatic carbocycles. The summed E-state index contributed by atoms with van der Waals surface area (Å²) in [6, 6.07) is 4.78. The van der Waals surface area contributed by atoms with Crippen LogP contribution in [0.4, 0.5) is 0 Å². The highest BCUT2D eigenvalue weighted by Crippen LogP contribution is 2.32. The van der Waals surface area contributed by atoms with Crippen molar-refractivity contribution >= 4 is 0 Å². The SMILES string of the molecule is CCNC(c1cccnc1)C1CCCCCCC1. The van der Waals surface area contributed by atoms with Gasteiger partial charge in [-0.25, -0.2) is 0 Å². The zero-order chi connectivity index (χ0) is 12.6. The summed E-state index contributed by atoms with van der Waals surface area (Å²) in [4.78, 5) is 4.28. The maximum absolute atomic E-state index is 4.28. The van der Waals surface area contributed by atoms with Crippen LogP contribution in [0.15, 0.2) is 24.5 Å². The summed E-state index contributed by atoms with van der Waals surface area (Å²) in [5.41, 5.74) is 1.37. The molecule has 0 radical (unpaired) electrons. The molecule has 1 atom stereocenters. The summed E-state index contributed by atoms with van der Waals surface area (Å²) in [6.45, 7) is 3.24. The molecular weight excluding hydrogens is 220 g/mol. The number of pyridine rings is 1. The van der Waals surface area contributed by atoms with E-state index in [1.807, 2.05) is 12.4 Å². The molecule has 1 heterocycles. The van der Waals surface area contributed by atoms with E-state index in [4.69, 9.17) is 0 Å². The maximum atomic E-state index is 4.28. The number of nitrogens with one attached hydrogen (secondary N) is 1. The Morgan fingerprint density at radius 2 is 1.94 bits per heavy atom. The molecule has 2 rings (SSSR count). The minimum atomic E-state index is 0.502. The zero-order valence-corrected chi connectivity index (χ0v) is 11.6. The molecule has 2 heteroatoms. The first kappa shape index (κ1) is 13.5. The van der Waals surface area contributed by atoms with Crippen LogP contribution in [0.1, 0.15) is 63.5 Å². The van der Waals surface area contributed by atoms with Crippen molar-refractivity contribution in [3.05, 3.63) is 30.1 Å². The lowest BCUT2D eigenvalue weighted by molar-refractivity contribution is 0.291. The second kappa shape index (κ2) is 7.52. The lowest BCUT2D eigenvalue weighted by Gasteiger charge is -2.29. The molecule has 1 aromatic heterocycles. The van der Waals surface area contributed by atoms with Crippen molar-refractivity contribution < 1.29 is 0 Å². The minimum absolute atomic E-state index is 0.502. The predicted octanol–water partition coefficient (Wildman–Crippen LogP) is 4.09. The van der Waals surface area contributed by atoms with Gasteiger partial charge in [0.05, 0.1) is 0 Å². The number of aromatic nitrogens is 1. The van der Waals surface area contributed by atoms with Crippen molar-refractivity contribution in [2.75, 3.05) is 6.54 Å². The molecule has 0 bridgehead atoms. The van der Waals surface area contributed by atoms with Crippen LogP contribution >= 0.6 is 0 Å². The summed E-state index contributed by atoms with van der Waals surface area (Å²) in [5.74, 6) is 0.787. The predicted molar refractivity (Wildman–Crippen MR) is 76.5 cm³/mol. The van der Waals surface area contributed by atoms with Crippen molar-refractivity contribution in [1.29, 1.82) is 0 Å². The summed E-state index contributed by atoms with van der Waals surface area (Å²) >= 11 is 0. The average molecular weight is 246 g/mol. The minimum Gasteiger partial charge on any atom is -0.310 e. The summed E-state index contributed by atoms with van der Waals surface area (Å²) in [7, 11) is 0. The third-order valence-electron chi connectivity index (χ3n) is 4.09. The van der Waals surface area contributed by atoms with E-state index in [-0.39, 0.29) is 0 Å². The van der Waals surface area contributed by atoms with Gasteiger partial charge in [0.1, 0.15) is 0 Å². The lowest BCUT2D eigenvalue weighted by atomic mass is 9.83. The van der Waals surface area contributed by atoms with Gasteiger partial charge in [-0.05, 0) is 36.9 Å². The highest BCUT2D eigenvalue weighted by Gasteiger charge is 2.22. The Bertz CT molecular complexity index is 315. The van der Waals surface area contributed by atoms with Crippen LogP contribution < -0.4 is 5.32 Å². The van der Waals surface area contributed by atoms with Gasteiger partial charge in [-0.3, -0.25) is 4.98 Å². The Morgan fingerprint density at radius 1 is 1.22 bits per heavy atom. The lowest BCUT2D eigenvalue weighted by Crippen LogP contribution is -2.29. The number of rotatable bonds is 4. The van der Waals surface area contributed by atoms with Crippen molar-refractivity contribution in [3.63, 3.8) is 0 Å². The molecule has 0 aliphatic heterocycles. The van der Waals surface area contributed by atoms with Gasteiger partial charge in [-0.15, -0.1) is 0 Å². The smallest absolute Gasteiger partial charge is 0.0363 e. The van der Waals surface area contributed by atoms with Gasteiger partial charge in [0, 0.05) is 18.4 Å². The largest absolute Gasteiger partial charge is 0.310 e. The standard InChI is InChI=1S/C16H26N2/c1-2-18-16(15-11-8-12-17-13-15)14-9-6-4-3-5-7-10-14/h8,11-14,16,18H,2-7,9-10H2,1H3. The van der Waals surface area contributed by atoms with Gasteiger partial charge in [0.2, 0.25) is 0 Å². The van der Waals surface area contributed by atoms with E-state index in [0.717, 1.165) is 12.5 Å². The van der Waals surface area contributed by atoms with Crippen LogP contribution in [0.3, 0.4) is 0 Å². The first-order chi connectivity index (χ1) is 8.92. The molecule has 2 nitrogen and oxygen atoms in total. The van der Waals surface area contributed by atoms with Crippen LogP contribution in [0.2, 0.25) is 0 Å². The fourth-order valence-corrected chi connectivity index (χ4v) is 3.16. The number of nitrogens with zero attached hydrogens (tertiary/aromatic N) is 1. The highest BCUT2D eigenvalue weighted by atomic mass is 14.9. The molecule has 1 aliphatic rings. The Balaban J connectivity index is 2.07. The second-order valence-corrected chi connectivity index (χ2v) is 5.43. The Morgan fingerprint density at radius 3 is 2.56 bits per heavy atom. The van der Waals surface area contributed by atoms with Crippen LogP contribution in [0.5, 0.6) is 0 Å². The Hall–Kier alpha value is -0.890. The molecular formula is C16H26N2. The van der Waals surface area contributed by atoms with E-state index < -0.39 is 0 Å². The van der Waals surface area contributed by atoms with Gasteiger partial charge in [-0.2, -0.15) is 0 Å². The van der Waals surface area contributed by atoms with Crippen LogP contribution in [0.25, 0.3) is 0 Å². The molecule has 0 spiro atoms. The van der Waals surface area contributed by atoms with E-state index in [9.17, 15) is 0 Å². The van der Waals surface area contributed by atoms with Crippen molar-refractivity contribution in [2.24, 2.45) is 5.92 Å². The number of hydrogen-bond donors (Lipinski definition) is 1. The van der Waals surface area contributed by atoms with E-state index in [0.29, 0.717) is 6.04 Å². The van der Waals surface area contributed by atoms with E-state index in [1.54, 1.807) is 0 Å². The monoisotopic (exact) mass is 246 g/mol. The summed E-state index contributed by atoms with van der Waals surface area (Å²) < 4.78 is 0. The van der Waals surface area contributed by atoms with Crippen molar-refractivity contribution in [1.82, 2.24) is 10.3 Å². The molecule has 1 aromatic rings. The van der Waals surface area contributed by atoms with E-state index in [1.165, 1.54) is 50.5 Å². The van der Waals surface area contributed by atoms with Gasteiger partial charge in [0.15, 0.2) is 0 Å². The molecule has 18 heavy (non-hydrogen) atoms. The molecule has 0 aromatic carbocycles. The molecule has 1 N–H and O–H groups in total. The Kier molecular flexibility index (Phi) is 5.66. The maximum Gasteiger partial charge on any atom is 0.0363 e. The molecule has 0 amide bonds. The van der Waals surface area contributed by atoms with Crippen LogP contribution in [-0.2, 0) is 0 Å². The van der Waals surface area contributed by atoms with Gasteiger partial charge < -0.3 is 5.32 Å². The number of hydrogen-bond acceptors (Lipinski definition) is 2. The average Bonchev–Trinajstić information content (AvgIpc) is 2.38. The topological polar surface area (TPSA) is 24.9 Å². The zero-order valence-electron chi connectivity index (χ0n) is 11.6. The van der Waals surface area contributed by atoms with Gasteiger partial charge in [-0.1, -0.05) is 45.1 Å². The first-order valence-electron chi connectivity index (χ1n) is 7.55. The highest BCUT2D eigenvalue weighted by molar-refractivity contribution is 5.15. The Labute approximate surface area is 111 Å². The third kappa shape index (κ3) is 3.81. The third-order valence-corrected chi connectivity index (χ3v) is 4.09. The van der Waals surface area contributed by atoms with E-state index in [2.05, 4.69) is 29.4 Å². The van der Waals surface area contributed by atoms with Crippen LogP contribution in [-0.4, -0.2) is 11.5 Å². The molecule has 1 fully saturated rings. The normalized spacial score (nSPS) is 20.1.